The number of fused-ring (bicyclic) bond motifs is 2. The normalized spacial score (nSPS) is 27.2. The predicted octanol–water partition coefficient (Wildman–Crippen LogP) is 2.79. The third kappa shape index (κ3) is 3.35. The van der Waals surface area contributed by atoms with Gasteiger partial charge in [0.1, 0.15) is 17.0 Å². The summed E-state index contributed by atoms with van der Waals surface area (Å²) in [6.45, 7) is 7.31. The summed E-state index contributed by atoms with van der Waals surface area (Å²) in [4.78, 5) is 16.1. The van der Waals surface area contributed by atoms with Crippen LogP contribution in [0.25, 0.3) is 5.65 Å². The molecule has 1 N–H and O–H groups in total. The molecule has 2 saturated heterocycles. The summed E-state index contributed by atoms with van der Waals surface area (Å²) in [5, 5.41) is 2.83. The third-order valence-electron chi connectivity index (χ3n) is 4.94. The maximum Gasteiger partial charge on any atom is 0.407 e. The van der Waals surface area contributed by atoms with Crippen molar-refractivity contribution >= 4 is 11.7 Å². The van der Waals surface area contributed by atoms with Gasteiger partial charge >= 0.3 is 6.09 Å². The largest absolute Gasteiger partial charge is 0.491 e. The van der Waals surface area contributed by atoms with E-state index in [-0.39, 0.29) is 11.0 Å². The van der Waals surface area contributed by atoms with Crippen molar-refractivity contribution in [1.82, 2.24) is 14.7 Å². The summed E-state index contributed by atoms with van der Waals surface area (Å²) >= 11 is 0. The number of pyridine rings is 1. The molecule has 0 aromatic carbocycles. The summed E-state index contributed by atoms with van der Waals surface area (Å²) in [6.07, 6.45) is 6.98. The molecule has 0 unspecified atom stereocenters. The Morgan fingerprint density at radius 1 is 1.38 bits per heavy atom. The van der Waals surface area contributed by atoms with E-state index in [1.54, 1.807) is 6.20 Å². The first-order valence-electron chi connectivity index (χ1n) is 8.93. The van der Waals surface area contributed by atoms with E-state index in [0.29, 0.717) is 19.8 Å². The molecule has 1 aliphatic carbocycles. The number of imidazole rings is 1. The Bertz CT molecular complexity index is 818. The van der Waals surface area contributed by atoms with Gasteiger partial charge in [-0.25, -0.2) is 9.78 Å². The van der Waals surface area contributed by atoms with Crippen LogP contribution in [0.5, 0.6) is 5.75 Å². The van der Waals surface area contributed by atoms with Gasteiger partial charge in [0.05, 0.1) is 25.0 Å². The lowest BCUT2D eigenvalue weighted by molar-refractivity contribution is -0.0265. The second kappa shape index (κ2) is 5.87. The highest BCUT2D eigenvalue weighted by Gasteiger charge is 2.62. The molecule has 26 heavy (non-hydrogen) atoms. The van der Waals surface area contributed by atoms with Gasteiger partial charge in [0.15, 0.2) is 0 Å². The Morgan fingerprint density at radius 3 is 2.96 bits per heavy atom. The minimum atomic E-state index is -0.494. The number of carbonyl (C=O) groups excluding carboxylic acids is 1. The van der Waals surface area contributed by atoms with E-state index < -0.39 is 11.7 Å². The van der Waals surface area contributed by atoms with Crippen LogP contribution in [-0.4, -0.2) is 46.4 Å². The summed E-state index contributed by atoms with van der Waals surface area (Å²) in [5.41, 5.74) is 0.176. The highest BCUT2D eigenvalue weighted by molar-refractivity contribution is 5.67. The van der Waals surface area contributed by atoms with Crippen LogP contribution in [0.2, 0.25) is 0 Å². The fraction of sp³-hybridized carbons (Fsp3) is 0.579. The van der Waals surface area contributed by atoms with Gasteiger partial charge in [-0.05, 0) is 45.7 Å². The molecule has 5 rings (SSSR count). The number of nitrogens with one attached hydrogen (secondary N) is 1. The molecule has 0 spiro atoms. The van der Waals surface area contributed by atoms with Crippen LogP contribution in [0.3, 0.4) is 0 Å². The quantitative estimate of drug-likeness (QED) is 0.889. The van der Waals surface area contributed by atoms with E-state index in [0.717, 1.165) is 24.2 Å². The second-order valence-corrected chi connectivity index (χ2v) is 8.53. The summed E-state index contributed by atoms with van der Waals surface area (Å²) in [7, 11) is 0. The lowest BCUT2D eigenvalue weighted by Gasteiger charge is -2.44. The molecule has 2 aromatic heterocycles. The smallest absolute Gasteiger partial charge is 0.407 e. The lowest BCUT2D eigenvalue weighted by atomic mass is 9.63. The molecule has 7 nitrogen and oxygen atoms in total. The molecular weight excluding hydrogens is 334 g/mol. The molecule has 140 valence electrons. The minimum absolute atomic E-state index is 0.0412. The number of alkyl carbamates (subject to hydrolysis) is 1. The average Bonchev–Trinajstić information content (AvgIpc) is 3.22. The maximum absolute atomic E-state index is 11.8. The number of hydrogen-bond acceptors (Lipinski definition) is 5. The Morgan fingerprint density at radius 2 is 2.19 bits per heavy atom. The van der Waals surface area contributed by atoms with Crippen molar-refractivity contribution in [2.24, 2.45) is 5.41 Å². The van der Waals surface area contributed by atoms with E-state index in [1.807, 2.05) is 49.7 Å². The zero-order chi connectivity index (χ0) is 18.4. The number of amides is 1. The van der Waals surface area contributed by atoms with Gasteiger partial charge in [-0.1, -0.05) is 0 Å². The zero-order valence-electron chi connectivity index (χ0n) is 15.4. The van der Waals surface area contributed by atoms with Crippen molar-refractivity contribution in [3.8, 4) is 5.75 Å². The molecule has 7 heteroatoms. The zero-order valence-corrected chi connectivity index (χ0v) is 15.4. The Hall–Kier alpha value is -2.28. The van der Waals surface area contributed by atoms with Gasteiger partial charge in [-0.2, -0.15) is 0 Å². The fourth-order valence-electron chi connectivity index (χ4n) is 3.91. The van der Waals surface area contributed by atoms with E-state index in [1.165, 1.54) is 0 Å². The number of aromatic nitrogens is 2. The molecular formula is C19H25N3O4. The van der Waals surface area contributed by atoms with Gasteiger partial charge in [-0.3, -0.25) is 0 Å². The highest BCUT2D eigenvalue weighted by atomic mass is 16.6. The van der Waals surface area contributed by atoms with Crippen LogP contribution in [0, 0.1) is 5.41 Å². The number of hydrogen-bond donors (Lipinski definition) is 1. The summed E-state index contributed by atoms with van der Waals surface area (Å²) < 4.78 is 19.2. The van der Waals surface area contributed by atoms with Gasteiger partial charge in [-0.15, -0.1) is 0 Å². The molecule has 4 heterocycles. The molecule has 3 fully saturated rings. The number of carbonyl (C=O) groups is 1. The fourth-order valence-corrected chi connectivity index (χ4v) is 3.91. The third-order valence-corrected chi connectivity index (χ3v) is 4.94. The molecule has 2 aromatic rings. The van der Waals surface area contributed by atoms with E-state index in [2.05, 4.69) is 10.3 Å². The first-order valence-corrected chi connectivity index (χ1v) is 8.93. The molecule has 2 aliphatic heterocycles. The van der Waals surface area contributed by atoms with Crippen LogP contribution < -0.4 is 10.1 Å². The van der Waals surface area contributed by atoms with E-state index in [9.17, 15) is 4.79 Å². The SMILES string of the molecule is CC(C)(C)OC(=O)NCC12CC(COc3ccc4nccn4c3)(CO1)C2. The van der Waals surface area contributed by atoms with Crippen LogP contribution in [-0.2, 0) is 9.47 Å². The Labute approximate surface area is 152 Å². The Kier molecular flexibility index (Phi) is 3.87. The molecule has 1 saturated carbocycles. The van der Waals surface area contributed by atoms with Gasteiger partial charge in [0, 0.05) is 24.4 Å². The molecule has 0 radical (unpaired) electrons. The maximum atomic E-state index is 11.8. The Balaban J connectivity index is 1.28. The minimum Gasteiger partial charge on any atom is -0.491 e. The van der Waals surface area contributed by atoms with Crippen molar-refractivity contribution in [2.45, 2.75) is 44.8 Å². The molecule has 3 aliphatic rings. The van der Waals surface area contributed by atoms with Crippen LogP contribution in [0.4, 0.5) is 4.79 Å². The van der Waals surface area contributed by atoms with Crippen molar-refractivity contribution < 1.29 is 19.0 Å². The molecule has 0 atom stereocenters. The number of nitrogens with zero attached hydrogens (tertiary/aromatic N) is 2. The average molecular weight is 359 g/mol. The predicted molar refractivity (Wildman–Crippen MR) is 95.3 cm³/mol. The van der Waals surface area contributed by atoms with Crippen LogP contribution in [0.15, 0.2) is 30.7 Å². The topological polar surface area (TPSA) is 74.1 Å². The van der Waals surface area contributed by atoms with Gasteiger partial charge in [0.25, 0.3) is 0 Å². The van der Waals surface area contributed by atoms with Crippen molar-refractivity contribution in [2.75, 3.05) is 19.8 Å². The van der Waals surface area contributed by atoms with Crippen LogP contribution in [0.1, 0.15) is 33.6 Å². The van der Waals surface area contributed by atoms with Crippen molar-refractivity contribution in [3.63, 3.8) is 0 Å². The van der Waals surface area contributed by atoms with Crippen molar-refractivity contribution in [1.29, 1.82) is 0 Å². The lowest BCUT2D eigenvalue weighted by Crippen LogP contribution is -2.53. The van der Waals surface area contributed by atoms with Crippen LogP contribution >= 0.6 is 0 Å². The molecule has 2 bridgehead atoms. The summed E-state index contributed by atoms with van der Waals surface area (Å²) in [5.74, 6) is 0.821. The van der Waals surface area contributed by atoms with Crippen molar-refractivity contribution in [3.05, 3.63) is 30.7 Å². The first-order chi connectivity index (χ1) is 12.3. The highest BCUT2D eigenvalue weighted by Crippen LogP contribution is 2.57. The monoisotopic (exact) mass is 359 g/mol. The van der Waals surface area contributed by atoms with E-state index >= 15 is 0 Å². The number of rotatable bonds is 5. The standard InChI is InChI=1S/C19H25N3O4/c1-17(2,3)26-16(23)21-11-19-9-18(10-19,13-25-19)12-24-14-4-5-15-20-6-7-22(15)8-14/h4-8H,9-13H2,1-3H3,(H,21,23). The summed E-state index contributed by atoms with van der Waals surface area (Å²) in [6, 6.07) is 3.87. The molecule has 1 amide bonds. The van der Waals surface area contributed by atoms with Gasteiger partial charge in [0.2, 0.25) is 0 Å². The van der Waals surface area contributed by atoms with E-state index in [4.69, 9.17) is 14.2 Å². The first kappa shape index (κ1) is 17.1. The van der Waals surface area contributed by atoms with Gasteiger partial charge < -0.3 is 23.9 Å². The number of ether oxygens (including phenoxy) is 3. The second-order valence-electron chi connectivity index (χ2n) is 8.53.